The van der Waals surface area contributed by atoms with Crippen molar-refractivity contribution in [3.8, 4) is 0 Å². The zero-order valence-corrected chi connectivity index (χ0v) is 18.3. The number of carbonyl (C=O) groups excluding carboxylic acids is 1. The van der Waals surface area contributed by atoms with Crippen LogP contribution in [0.4, 0.5) is 5.69 Å². The topological polar surface area (TPSA) is 59.8 Å². The SMILES string of the molecule is Cc1ccc(CSc2nc3ccncc3n2CC(=O)Nc2cccc(Cl)c2C)cc1. The first-order valence-corrected chi connectivity index (χ1v) is 10.9. The predicted octanol–water partition coefficient (Wildman–Crippen LogP) is 5.63. The summed E-state index contributed by atoms with van der Waals surface area (Å²) in [4.78, 5) is 21.8. The number of imidazole rings is 1. The fourth-order valence-electron chi connectivity index (χ4n) is 3.12. The number of aryl methyl sites for hydroxylation is 1. The molecule has 0 spiro atoms. The summed E-state index contributed by atoms with van der Waals surface area (Å²) in [5.74, 6) is 0.632. The van der Waals surface area contributed by atoms with Gasteiger partial charge in [-0.2, -0.15) is 0 Å². The quantitative estimate of drug-likeness (QED) is 0.398. The van der Waals surface area contributed by atoms with Crippen LogP contribution in [0.1, 0.15) is 16.7 Å². The third kappa shape index (κ3) is 4.50. The highest BCUT2D eigenvalue weighted by molar-refractivity contribution is 7.98. The number of nitrogens with zero attached hydrogens (tertiary/aromatic N) is 3. The third-order valence-corrected chi connectivity index (χ3v) is 6.30. The molecular weight excluding hydrogens is 416 g/mol. The first-order valence-electron chi connectivity index (χ1n) is 9.55. The van der Waals surface area contributed by atoms with Gasteiger partial charge in [0.05, 0.1) is 17.2 Å². The van der Waals surface area contributed by atoms with Crippen molar-refractivity contribution in [2.75, 3.05) is 5.32 Å². The molecule has 0 unspecified atom stereocenters. The van der Waals surface area contributed by atoms with Crippen molar-refractivity contribution >= 4 is 46.0 Å². The van der Waals surface area contributed by atoms with E-state index in [1.165, 1.54) is 11.1 Å². The Kier molecular flexibility index (Phi) is 6.06. The maximum absolute atomic E-state index is 12.8. The Balaban J connectivity index is 1.57. The van der Waals surface area contributed by atoms with Crippen LogP contribution < -0.4 is 5.32 Å². The molecule has 152 valence electrons. The van der Waals surface area contributed by atoms with Gasteiger partial charge in [0.2, 0.25) is 5.91 Å². The van der Waals surface area contributed by atoms with Crippen molar-refractivity contribution < 1.29 is 4.79 Å². The van der Waals surface area contributed by atoms with E-state index in [0.717, 1.165) is 27.5 Å². The largest absolute Gasteiger partial charge is 0.324 e. The molecule has 0 bridgehead atoms. The minimum absolute atomic E-state index is 0.138. The molecule has 0 saturated heterocycles. The lowest BCUT2D eigenvalue weighted by molar-refractivity contribution is -0.116. The molecule has 4 aromatic rings. The molecule has 0 aliphatic heterocycles. The van der Waals surface area contributed by atoms with Crippen LogP contribution in [0.2, 0.25) is 5.02 Å². The molecule has 1 N–H and O–H groups in total. The molecule has 30 heavy (non-hydrogen) atoms. The number of rotatable bonds is 6. The van der Waals surface area contributed by atoms with Gasteiger partial charge in [0, 0.05) is 22.7 Å². The van der Waals surface area contributed by atoms with Crippen molar-refractivity contribution in [3.63, 3.8) is 0 Å². The van der Waals surface area contributed by atoms with Gasteiger partial charge in [0.25, 0.3) is 0 Å². The van der Waals surface area contributed by atoms with Crippen LogP contribution in [-0.4, -0.2) is 20.4 Å². The number of hydrogen-bond donors (Lipinski definition) is 1. The number of fused-ring (bicyclic) bond motifs is 1. The lowest BCUT2D eigenvalue weighted by atomic mass is 10.2. The average Bonchev–Trinajstić information content (AvgIpc) is 3.08. The van der Waals surface area contributed by atoms with Crippen molar-refractivity contribution in [3.05, 3.63) is 82.6 Å². The van der Waals surface area contributed by atoms with E-state index in [2.05, 4.69) is 41.5 Å². The number of halogens is 1. The molecule has 4 rings (SSSR count). The Bertz CT molecular complexity index is 1200. The number of benzene rings is 2. The van der Waals surface area contributed by atoms with Crippen LogP contribution in [0, 0.1) is 13.8 Å². The summed E-state index contributed by atoms with van der Waals surface area (Å²) in [5.41, 5.74) is 5.66. The molecule has 2 aromatic carbocycles. The molecule has 2 aromatic heterocycles. The second kappa shape index (κ2) is 8.90. The maximum atomic E-state index is 12.8. The number of carbonyl (C=O) groups is 1. The van der Waals surface area contributed by atoms with Gasteiger partial charge >= 0.3 is 0 Å². The Labute approximate surface area is 184 Å². The van der Waals surface area contributed by atoms with Gasteiger partial charge in [-0.15, -0.1) is 0 Å². The third-order valence-electron chi connectivity index (χ3n) is 4.85. The van der Waals surface area contributed by atoms with Gasteiger partial charge in [-0.25, -0.2) is 4.98 Å². The van der Waals surface area contributed by atoms with Crippen LogP contribution in [-0.2, 0) is 17.1 Å². The van der Waals surface area contributed by atoms with E-state index in [0.29, 0.717) is 10.7 Å². The molecule has 5 nitrogen and oxygen atoms in total. The summed E-state index contributed by atoms with van der Waals surface area (Å²) in [6, 6.07) is 15.8. The van der Waals surface area contributed by atoms with Gasteiger partial charge in [-0.3, -0.25) is 9.78 Å². The second-order valence-corrected chi connectivity index (χ2v) is 8.43. The van der Waals surface area contributed by atoms with E-state index in [-0.39, 0.29) is 12.5 Å². The summed E-state index contributed by atoms with van der Waals surface area (Å²) in [5, 5.41) is 4.37. The van der Waals surface area contributed by atoms with Crippen LogP contribution in [0.15, 0.2) is 66.1 Å². The average molecular weight is 437 g/mol. The number of nitrogens with one attached hydrogen (secondary N) is 1. The van der Waals surface area contributed by atoms with Crippen molar-refractivity contribution in [2.45, 2.75) is 31.3 Å². The Morgan fingerprint density at radius 2 is 1.93 bits per heavy atom. The highest BCUT2D eigenvalue weighted by atomic mass is 35.5. The highest BCUT2D eigenvalue weighted by Crippen LogP contribution is 2.27. The Morgan fingerprint density at radius 3 is 2.73 bits per heavy atom. The zero-order valence-electron chi connectivity index (χ0n) is 16.7. The van der Waals surface area contributed by atoms with Crippen molar-refractivity contribution in [1.29, 1.82) is 0 Å². The van der Waals surface area contributed by atoms with Gasteiger partial charge in [0.1, 0.15) is 6.54 Å². The number of anilines is 1. The Hall–Kier alpha value is -2.83. The lowest BCUT2D eigenvalue weighted by Gasteiger charge is -2.12. The monoisotopic (exact) mass is 436 g/mol. The second-order valence-electron chi connectivity index (χ2n) is 7.08. The Morgan fingerprint density at radius 1 is 1.13 bits per heavy atom. The molecule has 0 radical (unpaired) electrons. The maximum Gasteiger partial charge on any atom is 0.244 e. The predicted molar refractivity (Wildman–Crippen MR) is 123 cm³/mol. The number of amides is 1. The minimum Gasteiger partial charge on any atom is -0.324 e. The minimum atomic E-state index is -0.138. The van der Waals surface area contributed by atoms with Crippen LogP contribution >= 0.6 is 23.4 Å². The molecule has 0 atom stereocenters. The smallest absolute Gasteiger partial charge is 0.244 e. The summed E-state index contributed by atoms with van der Waals surface area (Å²) >= 11 is 7.78. The van der Waals surface area contributed by atoms with Crippen LogP contribution in [0.3, 0.4) is 0 Å². The van der Waals surface area contributed by atoms with E-state index in [4.69, 9.17) is 16.6 Å². The van der Waals surface area contributed by atoms with E-state index in [9.17, 15) is 4.79 Å². The summed E-state index contributed by atoms with van der Waals surface area (Å²) in [6.07, 6.45) is 3.46. The molecule has 0 aliphatic rings. The molecule has 7 heteroatoms. The number of aromatic nitrogens is 3. The summed E-state index contributed by atoms with van der Waals surface area (Å²) in [7, 11) is 0. The molecule has 2 heterocycles. The van der Waals surface area contributed by atoms with E-state index >= 15 is 0 Å². The fourth-order valence-corrected chi connectivity index (χ4v) is 4.26. The van der Waals surface area contributed by atoms with E-state index in [1.807, 2.05) is 29.7 Å². The fraction of sp³-hybridized carbons (Fsp3) is 0.174. The molecule has 1 amide bonds. The van der Waals surface area contributed by atoms with Gasteiger partial charge in [-0.05, 0) is 43.2 Å². The van der Waals surface area contributed by atoms with Crippen LogP contribution in [0.25, 0.3) is 11.0 Å². The summed E-state index contributed by atoms with van der Waals surface area (Å²) < 4.78 is 1.91. The van der Waals surface area contributed by atoms with Crippen LogP contribution in [0.5, 0.6) is 0 Å². The molecule has 0 aliphatic carbocycles. The molecule has 0 fully saturated rings. The van der Waals surface area contributed by atoms with Gasteiger partial charge < -0.3 is 9.88 Å². The first kappa shape index (κ1) is 20.4. The number of pyridine rings is 1. The highest BCUT2D eigenvalue weighted by Gasteiger charge is 2.15. The van der Waals surface area contributed by atoms with E-state index < -0.39 is 0 Å². The molecule has 0 saturated carbocycles. The summed E-state index contributed by atoms with van der Waals surface area (Å²) in [6.45, 7) is 4.10. The normalized spacial score (nSPS) is 11.0. The lowest BCUT2D eigenvalue weighted by Crippen LogP contribution is -2.19. The van der Waals surface area contributed by atoms with Crippen molar-refractivity contribution in [1.82, 2.24) is 14.5 Å². The molecular formula is C23H21ClN4OS. The van der Waals surface area contributed by atoms with E-state index in [1.54, 1.807) is 30.2 Å². The zero-order chi connectivity index (χ0) is 21.1. The number of thioether (sulfide) groups is 1. The van der Waals surface area contributed by atoms with Crippen molar-refractivity contribution in [2.24, 2.45) is 0 Å². The number of hydrogen-bond acceptors (Lipinski definition) is 4. The van der Waals surface area contributed by atoms with Gasteiger partial charge in [0.15, 0.2) is 5.16 Å². The standard InChI is InChI=1S/C23H21ClN4OS/c1-15-6-8-17(9-7-15)14-30-23-27-20-10-11-25-12-21(20)28(23)13-22(29)26-19-5-3-4-18(24)16(19)2/h3-12H,13-14H2,1-2H3,(H,26,29). The van der Waals surface area contributed by atoms with Gasteiger partial charge in [-0.1, -0.05) is 59.3 Å². The first-order chi connectivity index (χ1) is 14.5.